The first-order valence-corrected chi connectivity index (χ1v) is 15.3. The number of ether oxygens (including phenoxy) is 1. The summed E-state index contributed by atoms with van der Waals surface area (Å²) in [5.41, 5.74) is 3.59. The van der Waals surface area contributed by atoms with Gasteiger partial charge in [0, 0.05) is 37.0 Å². The topological polar surface area (TPSA) is 101 Å². The first-order chi connectivity index (χ1) is 19.8. The molecule has 7 atom stereocenters. The lowest BCUT2D eigenvalue weighted by atomic mass is 9.64. The Hall–Kier alpha value is -2.61. The van der Waals surface area contributed by atoms with Gasteiger partial charge in [-0.05, 0) is 81.8 Å². The molecule has 1 amide bonds. The molecule has 3 heterocycles. The van der Waals surface area contributed by atoms with E-state index in [-0.39, 0.29) is 41.9 Å². The van der Waals surface area contributed by atoms with Crippen LogP contribution < -0.4 is 10.6 Å². The fourth-order valence-electron chi connectivity index (χ4n) is 8.27. The minimum Gasteiger partial charge on any atom is -0.348 e. The molecule has 9 nitrogen and oxygen atoms in total. The van der Waals surface area contributed by atoms with E-state index in [0.717, 1.165) is 38.6 Å². The molecule has 0 aromatic heterocycles. The Bertz CT molecular complexity index is 1230. The Morgan fingerprint density at radius 3 is 2.80 bits per heavy atom. The second-order valence-corrected chi connectivity index (χ2v) is 12.9. The van der Waals surface area contributed by atoms with Crippen LogP contribution in [0.15, 0.2) is 30.9 Å². The number of rotatable bonds is 6. The third-order valence-electron chi connectivity index (χ3n) is 10.6. The van der Waals surface area contributed by atoms with Gasteiger partial charge in [0.2, 0.25) is 5.91 Å². The molecule has 1 saturated carbocycles. The highest BCUT2D eigenvalue weighted by Gasteiger charge is 2.56. The molecule has 3 aliphatic heterocycles. The van der Waals surface area contributed by atoms with Crippen LogP contribution in [-0.2, 0) is 27.2 Å². The molecular weight excluding hydrogens is 516 g/mol. The molecule has 4 fully saturated rings. The van der Waals surface area contributed by atoms with Crippen LogP contribution in [0, 0.1) is 29.6 Å². The number of piperazine rings is 1. The lowest BCUT2D eigenvalue weighted by Gasteiger charge is -2.54. The number of hydrogen-bond donors (Lipinski definition) is 2. The maximum absolute atomic E-state index is 14.5. The fraction of sp³-hybridized carbons (Fsp3) is 0.656. The number of aryl methyl sites for hydroxylation is 1. The normalized spacial score (nSPS) is 35.7. The maximum atomic E-state index is 14.5. The number of nitrogens with zero attached hydrogens (tertiary/aromatic N) is 4. The highest BCUT2D eigenvalue weighted by molar-refractivity contribution is 5.92. The Labute approximate surface area is 243 Å². The molecule has 0 bridgehead atoms. The molecule has 0 radical (unpaired) electrons. The van der Waals surface area contributed by atoms with Gasteiger partial charge >= 0.3 is 0 Å². The van der Waals surface area contributed by atoms with E-state index in [1.165, 1.54) is 29.2 Å². The third-order valence-corrected chi connectivity index (χ3v) is 10.6. The van der Waals surface area contributed by atoms with Gasteiger partial charge in [0.05, 0.1) is 37.3 Å². The Morgan fingerprint density at radius 1 is 1.22 bits per heavy atom. The second kappa shape index (κ2) is 11.6. The zero-order chi connectivity index (χ0) is 28.7. The van der Waals surface area contributed by atoms with Gasteiger partial charge in [0.1, 0.15) is 0 Å². The van der Waals surface area contributed by atoms with E-state index in [4.69, 9.17) is 4.74 Å². The molecule has 2 N–H and O–H groups in total. The molecule has 6 unspecified atom stereocenters. The van der Waals surface area contributed by atoms with Crippen molar-refractivity contribution in [3.8, 4) is 6.07 Å². The van der Waals surface area contributed by atoms with Gasteiger partial charge < -0.3 is 14.5 Å². The number of likely N-dealkylation sites (N-methyl/N-ethyl adjacent to an activating group) is 1. The number of ketones is 1. The van der Waals surface area contributed by atoms with E-state index in [1.54, 1.807) is 4.90 Å². The summed E-state index contributed by atoms with van der Waals surface area (Å²) in [4.78, 5) is 33.5. The SMILES string of the molecule is C=CC(=O)N1CCN(C2NC(OCC3CCCN3C)NC3C(=O)[C@@]4(CCC32)Cc2cccc(C)c2C4)CC1CC#N. The van der Waals surface area contributed by atoms with Crippen LogP contribution in [0.1, 0.15) is 48.8 Å². The fourth-order valence-corrected chi connectivity index (χ4v) is 8.27. The van der Waals surface area contributed by atoms with Crippen LogP contribution in [0.4, 0.5) is 0 Å². The molecule has 5 aliphatic rings. The number of likely N-dealkylation sites (tertiary alicyclic amines) is 1. The smallest absolute Gasteiger partial charge is 0.246 e. The van der Waals surface area contributed by atoms with Crippen molar-refractivity contribution in [2.24, 2.45) is 11.3 Å². The Kier molecular flexibility index (Phi) is 8.05. The van der Waals surface area contributed by atoms with Crippen molar-refractivity contribution in [3.63, 3.8) is 0 Å². The molecule has 3 saturated heterocycles. The first-order valence-electron chi connectivity index (χ1n) is 15.3. The van der Waals surface area contributed by atoms with Crippen LogP contribution in [0.3, 0.4) is 0 Å². The van der Waals surface area contributed by atoms with Crippen molar-refractivity contribution in [1.82, 2.24) is 25.3 Å². The first kappa shape index (κ1) is 28.5. The number of nitrogens with one attached hydrogen (secondary N) is 2. The van der Waals surface area contributed by atoms with Gasteiger partial charge in [-0.25, -0.2) is 0 Å². The number of nitriles is 1. The summed E-state index contributed by atoms with van der Waals surface area (Å²) in [5, 5.41) is 16.9. The maximum Gasteiger partial charge on any atom is 0.246 e. The summed E-state index contributed by atoms with van der Waals surface area (Å²) in [6.45, 7) is 9.29. The van der Waals surface area contributed by atoms with Crippen molar-refractivity contribution < 1.29 is 14.3 Å². The van der Waals surface area contributed by atoms with Gasteiger partial charge in [-0.3, -0.25) is 25.1 Å². The van der Waals surface area contributed by atoms with Gasteiger partial charge in [0.25, 0.3) is 0 Å². The van der Waals surface area contributed by atoms with E-state index in [9.17, 15) is 14.9 Å². The lowest BCUT2D eigenvalue weighted by molar-refractivity contribution is -0.152. The molecular formula is C32H44N6O3. The van der Waals surface area contributed by atoms with Crippen molar-refractivity contribution in [3.05, 3.63) is 47.5 Å². The Balaban J connectivity index is 1.24. The Morgan fingerprint density at radius 2 is 2.07 bits per heavy atom. The average Bonchev–Trinajstić information content (AvgIpc) is 3.57. The molecule has 1 aromatic carbocycles. The summed E-state index contributed by atoms with van der Waals surface area (Å²) in [5.74, 6) is 0.265. The summed E-state index contributed by atoms with van der Waals surface area (Å²) >= 11 is 0. The van der Waals surface area contributed by atoms with Crippen molar-refractivity contribution in [2.45, 2.75) is 82.5 Å². The molecule has 9 heteroatoms. The number of amides is 1. The third kappa shape index (κ3) is 5.26. The minimum absolute atomic E-state index is 0.0799. The molecule has 1 aromatic rings. The second-order valence-electron chi connectivity index (χ2n) is 12.9. The van der Waals surface area contributed by atoms with Crippen molar-refractivity contribution in [1.29, 1.82) is 5.26 Å². The van der Waals surface area contributed by atoms with Gasteiger partial charge in [-0.1, -0.05) is 24.8 Å². The quantitative estimate of drug-likeness (QED) is 0.510. The van der Waals surface area contributed by atoms with Crippen LogP contribution >= 0.6 is 0 Å². The highest BCUT2D eigenvalue weighted by atomic mass is 16.5. The van der Waals surface area contributed by atoms with E-state index < -0.39 is 6.35 Å². The molecule has 220 valence electrons. The summed E-state index contributed by atoms with van der Waals surface area (Å²) in [6.07, 6.45) is 6.82. The molecule has 2 aliphatic carbocycles. The summed E-state index contributed by atoms with van der Waals surface area (Å²) in [6, 6.07) is 8.60. The van der Waals surface area contributed by atoms with E-state index in [2.05, 4.69) is 65.3 Å². The number of carbonyl (C=O) groups is 2. The highest BCUT2D eigenvalue weighted by Crippen LogP contribution is 2.49. The number of fused-ring (bicyclic) bond motifs is 2. The number of benzene rings is 1. The largest absolute Gasteiger partial charge is 0.348 e. The van der Waals surface area contributed by atoms with Crippen molar-refractivity contribution in [2.75, 3.05) is 39.8 Å². The van der Waals surface area contributed by atoms with Gasteiger partial charge in [0.15, 0.2) is 12.1 Å². The van der Waals surface area contributed by atoms with E-state index >= 15 is 0 Å². The van der Waals surface area contributed by atoms with Gasteiger partial charge in [-0.2, -0.15) is 5.26 Å². The average molecular weight is 561 g/mol. The zero-order valence-corrected chi connectivity index (χ0v) is 24.5. The number of Topliss-reactive ketones (excluding diaryl/α,β-unsaturated/α-hetero) is 1. The van der Waals surface area contributed by atoms with Crippen LogP contribution in [0.25, 0.3) is 0 Å². The minimum atomic E-state index is -0.442. The van der Waals surface area contributed by atoms with Crippen LogP contribution in [0.2, 0.25) is 0 Å². The van der Waals surface area contributed by atoms with Crippen LogP contribution in [0.5, 0.6) is 0 Å². The van der Waals surface area contributed by atoms with Crippen LogP contribution in [-0.4, -0.2) is 96.9 Å². The van der Waals surface area contributed by atoms with E-state index in [1.807, 2.05) is 0 Å². The summed E-state index contributed by atoms with van der Waals surface area (Å²) in [7, 11) is 2.15. The summed E-state index contributed by atoms with van der Waals surface area (Å²) < 4.78 is 6.47. The van der Waals surface area contributed by atoms with E-state index in [0.29, 0.717) is 38.1 Å². The number of hydrogen-bond acceptors (Lipinski definition) is 8. The zero-order valence-electron chi connectivity index (χ0n) is 24.5. The molecule has 41 heavy (non-hydrogen) atoms. The number of carbonyl (C=O) groups excluding carboxylic acids is 2. The predicted octanol–water partition coefficient (Wildman–Crippen LogP) is 1.95. The predicted molar refractivity (Wildman–Crippen MR) is 155 cm³/mol. The molecule has 1 spiro atoms. The van der Waals surface area contributed by atoms with Gasteiger partial charge in [-0.15, -0.1) is 0 Å². The monoisotopic (exact) mass is 560 g/mol. The standard InChI is InChI=1S/C32H44N6O3/c1-4-27(39)38-16-15-37(19-23(38)11-13-33)30-25-10-12-32(17-22-8-5-7-21(2)26(22)18-32)29(40)28(25)34-31(35-30)41-20-24-9-6-14-36(24)3/h4-5,7-8,23-25,28,30-31,34-35H,1,6,9-12,14-20H2,2-3H3/t23?,24?,25?,28?,30?,31?,32-/m0/s1. The molecule has 6 rings (SSSR count). The van der Waals surface area contributed by atoms with Crippen molar-refractivity contribution >= 4 is 11.7 Å². The lowest BCUT2D eigenvalue weighted by Crippen LogP contribution is -2.74.